The Balaban J connectivity index is 2.17. The zero-order valence-electron chi connectivity index (χ0n) is 17.2. The van der Waals surface area contributed by atoms with Gasteiger partial charge in [0.1, 0.15) is 0 Å². The minimum Gasteiger partial charge on any atom is -0.325 e. The molecular formula is C20H33N3O3S. The van der Waals surface area contributed by atoms with Crippen molar-refractivity contribution >= 4 is 21.6 Å². The Morgan fingerprint density at radius 3 is 2.41 bits per heavy atom. The highest BCUT2D eigenvalue weighted by Crippen LogP contribution is 2.24. The number of nitrogens with one attached hydrogen (secondary N) is 1. The van der Waals surface area contributed by atoms with E-state index in [-0.39, 0.29) is 16.8 Å². The molecule has 0 aliphatic carbocycles. The summed E-state index contributed by atoms with van der Waals surface area (Å²) in [5.41, 5.74) is 1.20. The number of rotatable bonds is 7. The van der Waals surface area contributed by atoms with Gasteiger partial charge in [0.05, 0.1) is 10.9 Å². The number of likely N-dealkylation sites (tertiary alicyclic amines) is 1. The van der Waals surface area contributed by atoms with Crippen LogP contribution in [0.15, 0.2) is 23.1 Å². The molecule has 27 heavy (non-hydrogen) atoms. The highest BCUT2D eigenvalue weighted by atomic mass is 32.2. The third-order valence-electron chi connectivity index (χ3n) is 5.52. The quantitative estimate of drug-likeness (QED) is 0.770. The summed E-state index contributed by atoms with van der Waals surface area (Å²) in [6.45, 7) is 12.3. The van der Waals surface area contributed by atoms with Gasteiger partial charge in [-0.1, -0.05) is 26.8 Å². The number of sulfonamides is 1. The van der Waals surface area contributed by atoms with Gasteiger partial charge in [-0.2, -0.15) is 4.31 Å². The first-order valence-corrected chi connectivity index (χ1v) is 11.3. The van der Waals surface area contributed by atoms with Gasteiger partial charge in [-0.05, 0) is 63.4 Å². The number of amides is 1. The van der Waals surface area contributed by atoms with E-state index in [1.54, 1.807) is 25.1 Å². The summed E-state index contributed by atoms with van der Waals surface area (Å²) in [6.07, 6.45) is 2.21. The van der Waals surface area contributed by atoms with Crippen LogP contribution in [0.3, 0.4) is 0 Å². The lowest BCUT2D eigenvalue weighted by Crippen LogP contribution is -2.45. The maximum Gasteiger partial charge on any atom is 0.243 e. The van der Waals surface area contributed by atoms with Gasteiger partial charge >= 0.3 is 0 Å². The molecule has 1 atom stereocenters. The van der Waals surface area contributed by atoms with Crippen LogP contribution in [0.5, 0.6) is 0 Å². The van der Waals surface area contributed by atoms with Crippen molar-refractivity contribution in [3.8, 4) is 0 Å². The molecule has 0 bridgehead atoms. The first kappa shape index (κ1) is 21.9. The molecular weight excluding hydrogens is 362 g/mol. The highest BCUT2D eigenvalue weighted by Gasteiger charge is 2.27. The molecule has 1 saturated heterocycles. The summed E-state index contributed by atoms with van der Waals surface area (Å²) in [6, 6.07) is 4.85. The molecule has 1 fully saturated rings. The number of hydrogen-bond donors (Lipinski definition) is 1. The zero-order chi connectivity index (χ0) is 20.2. The molecule has 0 spiro atoms. The SMILES string of the molecule is CCN(CC)S(=O)(=O)c1cc(NC(=O)C(C)N2CCC(C)CC2)ccc1C. The highest BCUT2D eigenvalue weighted by molar-refractivity contribution is 7.89. The molecule has 1 N–H and O–H groups in total. The van der Waals surface area contributed by atoms with Crippen LogP contribution >= 0.6 is 0 Å². The van der Waals surface area contributed by atoms with Crippen molar-refractivity contribution in [2.45, 2.75) is 58.4 Å². The Morgan fingerprint density at radius 1 is 1.26 bits per heavy atom. The minimum absolute atomic E-state index is 0.0976. The van der Waals surface area contributed by atoms with Gasteiger partial charge < -0.3 is 5.32 Å². The van der Waals surface area contributed by atoms with Gasteiger partial charge in [-0.15, -0.1) is 0 Å². The van der Waals surface area contributed by atoms with E-state index >= 15 is 0 Å². The van der Waals surface area contributed by atoms with Crippen molar-refractivity contribution in [2.75, 3.05) is 31.5 Å². The molecule has 1 aromatic rings. The molecule has 0 radical (unpaired) electrons. The van der Waals surface area contributed by atoms with E-state index in [9.17, 15) is 13.2 Å². The average molecular weight is 396 g/mol. The van der Waals surface area contributed by atoms with Crippen molar-refractivity contribution in [2.24, 2.45) is 5.92 Å². The molecule has 2 rings (SSSR count). The van der Waals surface area contributed by atoms with Gasteiger partial charge in [0, 0.05) is 18.8 Å². The standard InChI is InChI=1S/C20H33N3O3S/c1-6-23(7-2)27(25,26)19-14-18(9-8-16(19)4)21-20(24)17(5)22-12-10-15(3)11-13-22/h8-9,14-15,17H,6-7,10-13H2,1-5H3,(H,21,24). The van der Waals surface area contributed by atoms with E-state index in [0.717, 1.165) is 25.9 Å². The normalized spacial score (nSPS) is 17.9. The van der Waals surface area contributed by atoms with E-state index in [4.69, 9.17) is 0 Å². The topological polar surface area (TPSA) is 69.7 Å². The van der Waals surface area contributed by atoms with Crippen LogP contribution in [0.2, 0.25) is 0 Å². The molecule has 1 aromatic carbocycles. The molecule has 1 amide bonds. The van der Waals surface area contributed by atoms with Crippen LogP contribution in [0, 0.1) is 12.8 Å². The number of carbonyl (C=O) groups excluding carboxylic acids is 1. The van der Waals surface area contributed by atoms with Gasteiger partial charge in [0.2, 0.25) is 15.9 Å². The average Bonchev–Trinajstić information content (AvgIpc) is 2.64. The Morgan fingerprint density at radius 2 is 1.85 bits per heavy atom. The Labute approximate surface area is 164 Å². The van der Waals surface area contributed by atoms with Crippen molar-refractivity contribution in [1.82, 2.24) is 9.21 Å². The molecule has 1 unspecified atom stereocenters. The molecule has 0 aromatic heterocycles. The fourth-order valence-electron chi connectivity index (χ4n) is 3.49. The van der Waals surface area contributed by atoms with Crippen LogP contribution in [0.25, 0.3) is 0 Å². The second kappa shape index (κ2) is 9.17. The number of anilines is 1. The molecule has 1 aliphatic heterocycles. The predicted molar refractivity (Wildman–Crippen MR) is 109 cm³/mol. The summed E-state index contributed by atoms with van der Waals surface area (Å²) in [7, 11) is -3.57. The number of piperidine rings is 1. The second-order valence-electron chi connectivity index (χ2n) is 7.45. The van der Waals surface area contributed by atoms with Gasteiger partial charge in [0.25, 0.3) is 0 Å². The number of hydrogen-bond acceptors (Lipinski definition) is 4. The van der Waals surface area contributed by atoms with Crippen LogP contribution in [0.4, 0.5) is 5.69 Å². The Hall–Kier alpha value is -1.44. The number of aryl methyl sites for hydroxylation is 1. The summed E-state index contributed by atoms with van der Waals surface area (Å²) in [5.74, 6) is 0.612. The summed E-state index contributed by atoms with van der Waals surface area (Å²) in [5, 5.41) is 2.90. The summed E-state index contributed by atoms with van der Waals surface area (Å²) < 4.78 is 27.2. The maximum atomic E-state index is 12.9. The largest absolute Gasteiger partial charge is 0.325 e. The minimum atomic E-state index is -3.57. The number of benzene rings is 1. The predicted octanol–water partition coefficient (Wildman–Crippen LogP) is 3.08. The smallest absolute Gasteiger partial charge is 0.243 e. The van der Waals surface area contributed by atoms with E-state index in [0.29, 0.717) is 30.3 Å². The van der Waals surface area contributed by atoms with Crippen molar-refractivity contribution in [3.05, 3.63) is 23.8 Å². The molecule has 1 aliphatic rings. The second-order valence-corrected chi connectivity index (χ2v) is 9.36. The van der Waals surface area contributed by atoms with Crippen molar-refractivity contribution < 1.29 is 13.2 Å². The third-order valence-corrected chi connectivity index (χ3v) is 7.72. The number of nitrogens with zero attached hydrogens (tertiary/aromatic N) is 2. The molecule has 6 nitrogen and oxygen atoms in total. The van der Waals surface area contributed by atoms with E-state index in [2.05, 4.69) is 17.1 Å². The molecule has 1 heterocycles. The van der Waals surface area contributed by atoms with Crippen LogP contribution in [-0.2, 0) is 14.8 Å². The Bertz CT molecular complexity index is 752. The Kier molecular flexibility index (Phi) is 7.42. The fraction of sp³-hybridized carbons (Fsp3) is 0.650. The maximum absolute atomic E-state index is 12.9. The zero-order valence-corrected chi connectivity index (χ0v) is 18.0. The van der Waals surface area contributed by atoms with Crippen molar-refractivity contribution in [3.63, 3.8) is 0 Å². The fourth-order valence-corrected chi connectivity index (χ4v) is 5.20. The van der Waals surface area contributed by atoms with E-state index in [1.807, 2.05) is 20.8 Å². The van der Waals surface area contributed by atoms with E-state index in [1.165, 1.54) is 4.31 Å². The monoisotopic (exact) mass is 395 g/mol. The number of carbonyl (C=O) groups is 1. The van der Waals surface area contributed by atoms with Crippen LogP contribution in [0.1, 0.15) is 46.1 Å². The lowest BCUT2D eigenvalue weighted by atomic mass is 9.98. The third kappa shape index (κ3) is 5.09. The van der Waals surface area contributed by atoms with Gasteiger partial charge in [-0.3, -0.25) is 9.69 Å². The first-order valence-electron chi connectivity index (χ1n) is 9.86. The molecule has 0 saturated carbocycles. The summed E-state index contributed by atoms with van der Waals surface area (Å²) in [4.78, 5) is 15.1. The van der Waals surface area contributed by atoms with Gasteiger partial charge in [-0.25, -0.2) is 8.42 Å². The van der Waals surface area contributed by atoms with E-state index < -0.39 is 10.0 Å². The van der Waals surface area contributed by atoms with Crippen LogP contribution < -0.4 is 5.32 Å². The molecule has 152 valence electrons. The van der Waals surface area contributed by atoms with Crippen molar-refractivity contribution in [1.29, 1.82) is 0 Å². The lowest BCUT2D eigenvalue weighted by molar-refractivity contribution is -0.121. The first-order chi connectivity index (χ1) is 12.7. The van der Waals surface area contributed by atoms with Crippen LogP contribution in [-0.4, -0.2) is 55.8 Å². The lowest BCUT2D eigenvalue weighted by Gasteiger charge is -2.34. The summed E-state index contributed by atoms with van der Waals surface area (Å²) >= 11 is 0. The molecule has 7 heteroatoms. The van der Waals surface area contributed by atoms with Gasteiger partial charge in [0.15, 0.2) is 0 Å².